The molecule has 0 saturated carbocycles. The number of carbonyl (C=O) groups excluding carboxylic acids is 1. The monoisotopic (exact) mass is 432 g/mol. The van der Waals surface area contributed by atoms with Crippen LogP contribution in [0.3, 0.4) is 0 Å². The normalized spacial score (nSPS) is 12.1. The molecule has 2 aromatic rings. The highest BCUT2D eigenvalue weighted by molar-refractivity contribution is 7.89. The Morgan fingerprint density at radius 3 is 2.43 bits per heavy atom. The summed E-state index contributed by atoms with van der Waals surface area (Å²) in [5.74, 6) is -0.319. The number of carbonyl (C=O) groups is 1. The van der Waals surface area contributed by atoms with Gasteiger partial charge in [0, 0.05) is 44.0 Å². The van der Waals surface area contributed by atoms with Crippen molar-refractivity contribution in [3.8, 4) is 0 Å². The van der Waals surface area contributed by atoms with Gasteiger partial charge in [-0.1, -0.05) is 0 Å². The quantitative estimate of drug-likeness (QED) is 0.289. The fraction of sp³-hybridized carbons (Fsp3) is 0.333. The van der Waals surface area contributed by atoms with Crippen molar-refractivity contribution in [3.63, 3.8) is 0 Å². The Bertz CT molecular complexity index is 915. The number of nitro benzene ring substituents is 1. The number of nitrogens with zero attached hydrogens (tertiary/aromatic N) is 3. The molecule has 1 unspecified atom stereocenters. The number of benzene rings is 1. The smallest absolute Gasteiger partial charge is 0.269 e. The van der Waals surface area contributed by atoms with Crippen LogP contribution in [0.5, 0.6) is 0 Å². The topological polar surface area (TPSA) is 148 Å². The van der Waals surface area contributed by atoms with E-state index in [9.17, 15) is 23.3 Å². The SMILES string of the molecule is CNC(C(=O)NCCNS(=O)(=O)c1ccc([N+](=O)[O-])cc1)c1cnn(C)c1.Cl. The summed E-state index contributed by atoms with van der Waals surface area (Å²) in [6.07, 6.45) is 3.27. The minimum absolute atomic E-state index is 0. The van der Waals surface area contributed by atoms with Crippen LogP contribution in [-0.2, 0) is 21.9 Å². The summed E-state index contributed by atoms with van der Waals surface area (Å²) in [5, 5.41) is 20.1. The molecule has 2 rings (SSSR count). The molecule has 13 heteroatoms. The van der Waals surface area contributed by atoms with Crippen molar-refractivity contribution in [1.82, 2.24) is 25.1 Å². The van der Waals surface area contributed by atoms with Gasteiger partial charge in [0.25, 0.3) is 5.69 Å². The van der Waals surface area contributed by atoms with Gasteiger partial charge in [-0.2, -0.15) is 5.10 Å². The highest BCUT2D eigenvalue weighted by atomic mass is 35.5. The molecular weight excluding hydrogens is 412 g/mol. The van der Waals surface area contributed by atoms with Crippen molar-refractivity contribution in [2.45, 2.75) is 10.9 Å². The van der Waals surface area contributed by atoms with E-state index in [1.165, 1.54) is 0 Å². The molecule has 0 aliphatic heterocycles. The standard InChI is InChI=1S/C15H20N6O5S.ClH/c1-16-14(11-9-18-20(2)10-11)15(22)17-7-8-19-27(25,26)13-5-3-12(4-6-13)21(23)24;/h3-6,9-10,14,16,19H,7-8H2,1-2H3,(H,17,22);1H. The third kappa shape index (κ3) is 5.99. The van der Waals surface area contributed by atoms with E-state index in [1.54, 1.807) is 31.2 Å². The van der Waals surface area contributed by atoms with Crippen LogP contribution in [0.4, 0.5) is 5.69 Å². The number of halogens is 1. The van der Waals surface area contributed by atoms with Gasteiger partial charge in [0.05, 0.1) is 16.0 Å². The van der Waals surface area contributed by atoms with E-state index in [-0.39, 0.29) is 42.0 Å². The maximum atomic E-state index is 12.2. The zero-order valence-electron chi connectivity index (χ0n) is 15.2. The lowest BCUT2D eigenvalue weighted by molar-refractivity contribution is -0.384. The molecule has 0 radical (unpaired) electrons. The maximum absolute atomic E-state index is 12.2. The van der Waals surface area contributed by atoms with E-state index < -0.39 is 21.0 Å². The number of nitrogens with one attached hydrogen (secondary N) is 3. The van der Waals surface area contributed by atoms with E-state index >= 15 is 0 Å². The number of sulfonamides is 1. The molecular formula is C15H21ClN6O5S. The summed E-state index contributed by atoms with van der Waals surface area (Å²) in [4.78, 5) is 22.1. The number of hydrogen-bond donors (Lipinski definition) is 3. The second-order valence-electron chi connectivity index (χ2n) is 5.61. The van der Waals surface area contributed by atoms with Crippen molar-refractivity contribution >= 4 is 34.0 Å². The summed E-state index contributed by atoms with van der Waals surface area (Å²) in [7, 11) is -0.457. The Labute approximate surface area is 168 Å². The first-order valence-electron chi connectivity index (χ1n) is 7.92. The molecule has 0 spiro atoms. The van der Waals surface area contributed by atoms with Crippen LogP contribution in [0.2, 0.25) is 0 Å². The van der Waals surface area contributed by atoms with Crippen LogP contribution in [-0.4, -0.2) is 49.2 Å². The highest BCUT2D eigenvalue weighted by Gasteiger charge is 2.20. The second kappa shape index (κ2) is 10.1. The molecule has 0 fully saturated rings. The van der Waals surface area contributed by atoms with Gasteiger partial charge in [0.1, 0.15) is 6.04 Å². The molecule has 1 aromatic carbocycles. The summed E-state index contributed by atoms with van der Waals surface area (Å²) >= 11 is 0. The Morgan fingerprint density at radius 1 is 1.29 bits per heavy atom. The number of amides is 1. The fourth-order valence-corrected chi connectivity index (χ4v) is 3.37. The summed E-state index contributed by atoms with van der Waals surface area (Å²) < 4.78 is 28.2. The van der Waals surface area contributed by atoms with Crippen molar-refractivity contribution in [3.05, 3.63) is 52.3 Å². The van der Waals surface area contributed by atoms with E-state index in [1.807, 2.05) is 0 Å². The molecule has 1 atom stereocenters. The van der Waals surface area contributed by atoms with Crippen molar-refractivity contribution in [2.75, 3.05) is 20.1 Å². The lowest BCUT2D eigenvalue weighted by Crippen LogP contribution is -2.40. The largest absolute Gasteiger partial charge is 0.353 e. The van der Waals surface area contributed by atoms with E-state index in [4.69, 9.17) is 0 Å². The van der Waals surface area contributed by atoms with Crippen molar-refractivity contribution in [1.29, 1.82) is 0 Å². The molecule has 154 valence electrons. The average molecular weight is 433 g/mol. The van der Waals surface area contributed by atoms with Gasteiger partial charge >= 0.3 is 0 Å². The Kier molecular flexibility index (Phi) is 8.50. The molecule has 0 saturated heterocycles. The predicted octanol–water partition coefficient (Wildman–Crippen LogP) is 0.105. The predicted molar refractivity (Wildman–Crippen MR) is 104 cm³/mol. The number of nitro groups is 1. The highest BCUT2D eigenvalue weighted by Crippen LogP contribution is 2.15. The van der Waals surface area contributed by atoms with E-state index in [0.29, 0.717) is 5.56 Å². The molecule has 28 heavy (non-hydrogen) atoms. The van der Waals surface area contributed by atoms with Crippen LogP contribution in [0.15, 0.2) is 41.6 Å². The molecule has 0 bridgehead atoms. The van der Waals surface area contributed by atoms with Crippen molar-refractivity contribution in [2.24, 2.45) is 7.05 Å². The minimum Gasteiger partial charge on any atom is -0.353 e. The Morgan fingerprint density at radius 2 is 1.93 bits per heavy atom. The van der Waals surface area contributed by atoms with Gasteiger partial charge in [-0.25, -0.2) is 13.1 Å². The number of non-ortho nitro benzene ring substituents is 1. The van der Waals surface area contributed by atoms with Crippen LogP contribution < -0.4 is 15.4 Å². The molecule has 1 heterocycles. The van der Waals surface area contributed by atoms with Crippen LogP contribution in [0, 0.1) is 10.1 Å². The zero-order valence-corrected chi connectivity index (χ0v) is 16.8. The molecule has 1 amide bonds. The summed E-state index contributed by atoms with van der Waals surface area (Å²) in [6.45, 7) is 0.0397. The summed E-state index contributed by atoms with van der Waals surface area (Å²) in [5.41, 5.74) is 0.485. The first-order valence-corrected chi connectivity index (χ1v) is 9.40. The molecule has 1 aromatic heterocycles. The van der Waals surface area contributed by atoms with Crippen LogP contribution in [0.25, 0.3) is 0 Å². The number of likely N-dealkylation sites (N-methyl/N-ethyl adjacent to an activating group) is 1. The molecule has 0 aliphatic rings. The maximum Gasteiger partial charge on any atom is 0.269 e. The minimum atomic E-state index is -3.83. The van der Waals surface area contributed by atoms with Gasteiger partial charge in [-0.05, 0) is 19.2 Å². The van der Waals surface area contributed by atoms with Gasteiger partial charge < -0.3 is 10.6 Å². The first-order chi connectivity index (χ1) is 12.7. The van der Waals surface area contributed by atoms with Crippen LogP contribution >= 0.6 is 12.4 Å². The lowest BCUT2D eigenvalue weighted by Gasteiger charge is -2.14. The Balaban J connectivity index is 0.00000392. The molecule has 11 nitrogen and oxygen atoms in total. The Hall–Kier alpha value is -2.54. The van der Waals surface area contributed by atoms with Gasteiger partial charge in [0.15, 0.2) is 0 Å². The zero-order chi connectivity index (χ0) is 20.0. The van der Waals surface area contributed by atoms with Crippen LogP contribution in [0.1, 0.15) is 11.6 Å². The number of aryl methyl sites for hydroxylation is 1. The number of hydrogen-bond acceptors (Lipinski definition) is 7. The third-order valence-electron chi connectivity index (χ3n) is 3.68. The second-order valence-corrected chi connectivity index (χ2v) is 7.38. The first kappa shape index (κ1) is 23.5. The summed E-state index contributed by atoms with van der Waals surface area (Å²) in [6, 6.07) is 3.92. The average Bonchev–Trinajstić information content (AvgIpc) is 3.05. The number of aromatic nitrogens is 2. The molecule has 3 N–H and O–H groups in total. The van der Waals surface area contributed by atoms with E-state index in [0.717, 1.165) is 24.3 Å². The number of rotatable bonds is 9. The molecule has 0 aliphatic carbocycles. The fourth-order valence-electron chi connectivity index (χ4n) is 2.34. The van der Waals surface area contributed by atoms with Gasteiger partial charge in [-0.3, -0.25) is 19.6 Å². The van der Waals surface area contributed by atoms with Gasteiger partial charge in [-0.15, -0.1) is 12.4 Å². The van der Waals surface area contributed by atoms with E-state index in [2.05, 4.69) is 20.5 Å². The van der Waals surface area contributed by atoms with Gasteiger partial charge in [0.2, 0.25) is 15.9 Å². The lowest BCUT2D eigenvalue weighted by atomic mass is 10.1. The van der Waals surface area contributed by atoms with Crippen molar-refractivity contribution < 1.29 is 18.1 Å². The third-order valence-corrected chi connectivity index (χ3v) is 5.16.